The Balaban J connectivity index is 1.95. The van der Waals surface area contributed by atoms with Gasteiger partial charge >= 0.3 is 0 Å². The quantitative estimate of drug-likeness (QED) is 0.882. The van der Waals surface area contributed by atoms with Crippen molar-refractivity contribution < 1.29 is 14.3 Å². The molecular weight excluding hydrogens is 268 g/mol. The Kier molecular flexibility index (Phi) is 4.56. The lowest BCUT2D eigenvalue weighted by atomic mass is 10.2. The molecule has 0 radical (unpaired) electrons. The molecule has 0 saturated heterocycles. The van der Waals surface area contributed by atoms with Gasteiger partial charge in [0.15, 0.2) is 6.61 Å². The van der Waals surface area contributed by atoms with Crippen LogP contribution in [0.1, 0.15) is 15.9 Å². The number of carbonyl (C=O) groups is 2. The fourth-order valence-corrected chi connectivity index (χ4v) is 1.77. The molecule has 3 N–H and O–H groups in total. The number of primary amides is 1. The van der Waals surface area contributed by atoms with Gasteiger partial charge in [-0.1, -0.05) is 29.8 Å². The van der Waals surface area contributed by atoms with Gasteiger partial charge in [-0.25, -0.2) is 0 Å². The van der Waals surface area contributed by atoms with Crippen LogP contribution in [0.15, 0.2) is 48.5 Å². The second kappa shape index (κ2) is 6.56. The number of rotatable bonds is 5. The zero-order valence-electron chi connectivity index (χ0n) is 11.6. The summed E-state index contributed by atoms with van der Waals surface area (Å²) in [7, 11) is 0. The molecule has 2 aromatic rings. The highest BCUT2D eigenvalue weighted by Gasteiger charge is 2.10. The average Bonchev–Trinajstić information content (AvgIpc) is 2.48. The van der Waals surface area contributed by atoms with Gasteiger partial charge in [-0.2, -0.15) is 0 Å². The van der Waals surface area contributed by atoms with Crippen molar-refractivity contribution in [3.8, 4) is 5.75 Å². The minimum Gasteiger partial charge on any atom is -0.483 e. The van der Waals surface area contributed by atoms with Crippen molar-refractivity contribution in [2.45, 2.75) is 6.92 Å². The molecule has 0 atom stereocenters. The largest absolute Gasteiger partial charge is 0.483 e. The van der Waals surface area contributed by atoms with Crippen LogP contribution >= 0.6 is 0 Å². The lowest BCUT2D eigenvalue weighted by Crippen LogP contribution is -2.21. The molecule has 5 heteroatoms. The molecule has 2 rings (SSSR count). The Morgan fingerprint density at radius 1 is 1.10 bits per heavy atom. The van der Waals surface area contributed by atoms with Crippen molar-refractivity contribution in [3.05, 3.63) is 59.7 Å². The van der Waals surface area contributed by atoms with Gasteiger partial charge in [0.2, 0.25) is 0 Å². The first-order chi connectivity index (χ1) is 10.1. The summed E-state index contributed by atoms with van der Waals surface area (Å²) in [6, 6.07) is 14.0. The van der Waals surface area contributed by atoms with Gasteiger partial charge < -0.3 is 15.8 Å². The maximum absolute atomic E-state index is 11.8. The maximum atomic E-state index is 11.8. The number of nitrogens with one attached hydrogen (secondary N) is 1. The summed E-state index contributed by atoms with van der Waals surface area (Å²) in [5.41, 5.74) is 7.29. The molecule has 5 nitrogen and oxygen atoms in total. The van der Waals surface area contributed by atoms with Crippen LogP contribution in [-0.2, 0) is 4.79 Å². The van der Waals surface area contributed by atoms with E-state index in [9.17, 15) is 9.59 Å². The van der Waals surface area contributed by atoms with E-state index in [-0.39, 0.29) is 18.1 Å². The number of amides is 2. The molecule has 2 aromatic carbocycles. The van der Waals surface area contributed by atoms with Gasteiger partial charge in [0, 0.05) is 5.69 Å². The number of anilines is 1. The van der Waals surface area contributed by atoms with Crippen LogP contribution in [-0.4, -0.2) is 18.4 Å². The average molecular weight is 284 g/mol. The summed E-state index contributed by atoms with van der Waals surface area (Å²) < 4.78 is 5.34. The maximum Gasteiger partial charge on any atom is 0.262 e. The summed E-state index contributed by atoms with van der Waals surface area (Å²) >= 11 is 0. The van der Waals surface area contributed by atoms with E-state index < -0.39 is 5.91 Å². The third kappa shape index (κ3) is 4.07. The summed E-state index contributed by atoms with van der Waals surface area (Å²) in [4.78, 5) is 23.0. The minimum atomic E-state index is -0.593. The molecule has 0 aliphatic rings. The molecule has 0 aliphatic heterocycles. The van der Waals surface area contributed by atoms with Crippen LogP contribution in [0.25, 0.3) is 0 Å². The van der Waals surface area contributed by atoms with Gasteiger partial charge in [-0.15, -0.1) is 0 Å². The molecule has 0 fully saturated rings. The Bertz CT molecular complexity index is 651. The topological polar surface area (TPSA) is 81.4 Å². The molecule has 0 bridgehead atoms. The summed E-state index contributed by atoms with van der Waals surface area (Å²) in [5.74, 6) is -0.605. The van der Waals surface area contributed by atoms with Crippen LogP contribution in [0.5, 0.6) is 5.75 Å². The highest BCUT2D eigenvalue weighted by Crippen LogP contribution is 2.17. The first kappa shape index (κ1) is 14.6. The lowest BCUT2D eigenvalue weighted by molar-refractivity contribution is -0.118. The Morgan fingerprint density at radius 2 is 1.76 bits per heavy atom. The van der Waals surface area contributed by atoms with Crippen LogP contribution < -0.4 is 15.8 Å². The number of ether oxygens (including phenoxy) is 1. The van der Waals surface area contributed by atoms with E-state index in [1.54, 1.807) is 24.3 Å². The van der Waals surface area contributed by atoms with Gasteiger partial charge in [0.1, 0.15) is 5.75 Å². The van der Waals surface area contributed by atoms with E-state index in [0.717, 1.165) is 5.56 Å². The summed E-state index contributed by atoms with van der Waals surface area (Å²) in [6.45, 7) is 1.77. The molecule has 21 heavy (non-hydrogen) atoms. The Morgan fingerprint density at radius 3 is 2.43 bits per heavy atom. The van der Waals surface area contributed by atoms with E-state index in [4.69, 9.17) is 10.5 Å². The second-order valence-corrected chi connectivity index (χ2v) is 4.56. The van der Waals surface area contributed by atoms with Crippen LogP contribution in [0.3, 0.4) is 0 Å². The standard InChI is InChI=1S/C16H16N2O3/c1-11-6-8-12(9-7-11)18-15(19)10-21-14-5-3-2-4-13(14)16(17)20/h2-9H,10H2,1H3,(H2,17,20)(H,18,19). The number of benzene rings is 2. The van der Waals surface area contributed by atoms with Crippen LogP contribution in [0, 0.1) is 6.92 Å². The monoisotopic (exact) mass is 284 g/mol. The molecule has 0 saturated carbocycles. The molecule has 0 aliphatic carbocycles. The van der Waals surface area contributed by atoms with Crippen molar-refractivity contribution in [1.82, 2.24) is 0 Å². The van der Waals surface area contributed by atoms with Gasteiger partial charge in [0.05, 0.1) is 5.56 Å². The van der Waals surface area contributed by atoms with E-state index >= 15 is 0 Å². The normalized spacial score (nSPS) is 9.95. The third-order valence-electron chi connectivity index (χ3n) is 2.85. The minimum absolute atomic E-state index is 0.196. The number of para-hydroxylation sites is 1. The number of aryl methyl sites for hydroxylation is 1. The van der Waals surface area contributed by atoms with Crippen molar-refractivity contribution in [1.29, 1.82) is 0 Å². The zero-order valence-corrected chi connectivity index (χ0v) is 11.6. The molecule has 0 heterocycles. The van der Waals surface area contributed by atoms with Crippen LogP contribution in [0.4, 0.5) is 5.69 Å². The fraction of sp³-hybridized carbons (Fsp3) is 0.125. The smallest absolute Gasteiger partial charge is 0.262 e. The third-order valence-corrected chi connectivity index (χ3v) is 2.85. The van der Waals surface area contributed by atoms with E-state index in [1.807, 2.05) is 31.2 Å². The lowest BCUT2D eigenvalue weighted by Gasteiger charge is -2.10. The summed E-state index contributed by atoms with van der Waals surface area (Å²) in [5, 5.41) is 2.71. The van der Waals surface area contributed by atoms with Crippen molar-refractivity contribution in [2.24, 2.45) is 5.73 Å². The zero-order chi connectivity index (χ0) is 15.2. The van der Waals surface area contributed by atoms with Gasteiger partial charge in [-0.05, 0) is 31.2 Å². The molecule has 0 unspecified atom stereocenters. The first-order valence-electron chi connectivity index (χ1n) is 6.44. The molecule has 108 valence electrons. The Hall–Kier alpha value is -2.82. The predicted octanol–water partition coefficient (Wildman–Crippen LogP) is 2.11. The van der Waals surface area contributed by atoms with Crippen molar-refractivity contribution in [2.75, 3.05) is 11.9 Å². The van der Waals surface area contributed by atoms with E-state index in [1.165, 1.54) is 0 Å². The van der Waals surface area contributed by atoms with Gasteiger partial charge in [0.25, 0.3) is 11.8 Å². The highest BCUT2D eigenvalue weighted by atomic mass is 16.5. The van der Waals surface area contributed by atoms with Crippen LogP contribution in [0.2, 0.25) is 0 Å². The molecule has 2 amide bonds. The predicted molar refractivity (Wildman–Crippen MR) is 80.3 cm³/mol. The number of carbonyl (C=O) groups excluding carboxylic acids is 2. The molecule has 0 spiro atoms. The summed E-state index contributed by atoms with van der Waals surface area (Å²) in [6.07, 6.45) is 0. The second-order valence-electron chi connectivity index (χ2n) is 4.56. The molecule has 0 aromatic heterocycles. The SMILES string of the molecule is Cc1ccc(NC(=O)COc2ccccc2C(N)=O)cc1. The van der Waals surface area contributed by atoms with Gasteiger partial charge in [-0.3, -0.25) is 9.59 Å². The number of nitrogens with two attached hydrogens (primary N) is 1. The Labute approximate surface area is 122 Å². The first-order valence-corrected chi connectivity index (χ1v) is 6.44. The van der Waals surface area contributed by atoms with Crippen molar-refractivity contribution in [3.63, 3.8) is 0 Å². The number of hydrogen-bond acceptors (Lipinski definition) is 3. The number of hydrogen-bond donors (Lipinski definition) is 2. The van der Waals surface area contributed by atoms with E-state index in [2.05, 4.69) is 5.32 Å². The fourth-order valence-electron chi connectivity index (χ4n) is 1.77. The van der Waals surface area contributed by atoms with E-state index in [0.29, 0.717) is 11.4 Å². The molecular formula is C16H16N2O3. The van der Waals surface area contributed by atoms with Crippen molar-refractivity contribution >= 4 is 17.5 Å². The highest BCUT2D eigenvalue weighted by molar-refractivity contribution is 5.96.